The zero-order valence-corrected chi connectivity index (χ0v) is 10.3. The summed E-state index contributed by atoms with van der Waals surface area (Å²) in [5.74, 6) is -0.354. The molecule has 1 aromatic carbocycles. The molecule has 2 rings (SSSR count). The summed E-state index contributed by atoms with van der Waals surface area (Å²) in [7, 11) is 0. The van der Waals surface area contributed by atoms with Crippen LogP contribution in [0.3, 0.4) is 0 Å². The van der Waals surface area contributed by atoms with E-state index in [1.54, 1.807) is 18.2 Å². The Kier molecular flexibility index (Phi) is 4.07. The Balaban J connectivity index is 1.90. The molecule has 0 fully saturated rings. The first kappa shape index (κ1) is 13.0. The summed E-state index contributed by atoms with van der Waals surface area (Å²) in [6.45, 7) is 0.413. The van der Waals surface area contributed by atoms with E-state index < -0.39 is 0 Å². The van der Waals surface area contributed by atoms with Gasteiger partial charge in [0, 0.05) is 12.7 Å². The molecule has 1 amide bonds. The summed E-state index contributed by atoms with van der Waals surface area (Å²) in [6.07, 6.45) is 2.09. The van der Waals surface area contributed by atoms with Gasteiger partial charge in [-0.25, -0.2) is 9.37 Å². The van der Waals surface area contributed by atoms with Crippen LogP contribution in [0, 0.1) is 5.82 Å². The zero-order chi connectivity index (χ0) is 13.7. The van der Waals surface area contributed by atoms with E-state index in [2.05, 4.69) is 10.3 Å². The number of anilines is 1. The first-order chi connectivity index (χ1) is 9.16. The largest absolute Gasteiger partial charge is 0.383 e. The van der Waals surface area contributed by atoms with E-state index in [1.807, 2.05) is 6.07 Å². The third-order valence-electron chi connectivity index (χ3n) is 2.67. The standard InChI is InChI=1S/C14H14FN3O/c15-11-4-1-3-10(9-11)6-8-18-14(19)12-5-2-7-17-13(12)16/h1-5,7,9H,6,8H2,(H2,16,17)(H,18,19). The summed E-state index contributed by atoms with van der Waals surface area (Å²) in [5.41, 5.74) is 6.78. The number of nitrogens with one attached hydrogen (secondary N) is 1. The second-order valence-corrected chi connectivity index (χ2v) is 4.07. The van der Waals surface area contributed by atoms with Crippen LogP contribution in [0.15, 0.2) is 42.6 Å². The van der Waals surface area contributed by atoms with Crippen molar-refractivity contribution in [1.29, 1.82) is 0 Å². The molecule has 0 bridgehead atoms. The van der Waals surface area contributed by atoms with Crippen molar-refractivity contribution in [2.45, 2.75) is 6.42 Å². The summed E-state index contributed by atoms with van der Waals surface area (Å²) < 4.78 is 13.0. The summed E-state index contributed by atoms with van der Waals surface area (Å²) >= 11 is 0. The molecule has 0 unspecified atom stereocenters. The number of amides is 1. The normalized spacial score (nSPS) is 10.2. The van der Waals surface area contributed by atoms with Gasteiger partial charge in [-0.2, -0.15) is 0 Å². The average molecular weight is 259 g/mol. The molecule has 5 heteroatoms. The Morgan fingerprint density at radius 3 is 2.89 bits per heavy atom. The minimum Gasteiger partial charge on any atom is -0.383 e. The molecule has 0 saturated carbocycles. The molecule has 0 radical (unpaired) electrons. The van der Waals surface area contributed by atoms with Crippen molar-refractivity contribution >= 4 is 11.7 Å². The number of aromatic nitrogens is 1. The smallest absolute Gasteiger partial charge is 0.255 e. The monoisotopic (exact) mass is 259 g/mol. The highest BCUT2D eigenvalue weighted by Gasteiger charge is 2.08. The Bertz CT molecular complexity index is 586. The van der Waals surface area contributed by atoms with Crippen LogP contribution in [0.1, 0.15) is 15.9 Å². The first-order valence-corrected chi connectivity index (χ1v) is 5.90. The van der Waals surface area contributed by atoms with Crippen molar-refractivity contribution in [1.82, 2.24) is 10.3 Å². The molecule has 4 nitrogen and oxygen atoms in total. The predicted octanol–water partition coefficient (Wildman–Crippen LogP) is 1.78. The van der Waals surface area contributed by atoms with Crippen molar-refractivity contribution in [2.24, 2.45) is 0 Å². The summed E-state index contributed by atoms with van der Waals surface area (Å²) in [5, 5.41) is 2.73. The van der Waals surface area contributed by atoms with Crippen LogP contribution in [-0.4, -0.2) is 17.4 Å². The van der Waals surface area contributed by atoms with Gasteiger partial charge in [-0.1, -0.05) is 12.1 Å². The zero-order valence-electron chi connectivity index (χ0n) is 10.3. The van der Waals surface area contributed by atoms with Crippen LogP contribution < -0.4 is 11.1 Å². The highest BCUT2D eigenvalue weighted by molar-refractivity contribution is 5.98. The molecule has 0 aliphatic heterocycles. The van der Waals surface area contributed by atoms with Gasteiger partial charge in [0.15, 0.2) is 0 Å². The van der Waals surface area contributed by atoms with E-state index in [1.165, 1.54) is 18.3 Å². The maximum absolute atomic E-state index is 13.0. The number of pyridine rings is 1. The number of halogens is 1. The maximum Gasteiger partial charge on any atom is 0.255 e. The van der Waals surface area contributed by atoms with Gasteiger partial charge < -0.3 is 11.1 Å². The fraction of sp³-hybridized carbons (Fsp3) is 0.143. The maximum atomic E-state index is 13.0. The van der Waals surface area contributed by atoms with Gasteiger partial charge in [-0.05, 0) is 36.2 Å². The van der Waals surface area contributed by atoms with Crippen molar-refractivity contribution < 1.29 is 9.18 Å². The lowest BCUT2D eigenvalue weighted by atomic mass is 10.1. The average Bonchev–Trinajstić information content (AvgIpc) is 2.39. The van der Waals surface area contributed by atoms with E-state index >= 15 is 0 Å². The fourth-order valence-corrected chi connectivity index (χ4v) is 1.72. The van der Waals surface area contributed by atoms with Gasteiger partial charge in [0.05, 0.1) is 5.56 Å². The van der Waals surface area contributed by atoms with Gasteiger partial charge in [-0.3, -0.25) is 4.79 Å². The minimum absolute atomic E-state index is 0.200. The molecule has 0 aliphatic carbocycles. The molecule has 2 aromatic rings. The van der Waals surface area contributed by atoms with Gasteiger partial charge in [0.25, 0.3) is 5.91 Å². The third-order valence-corrected chi connectivity index (χ3v) is 2.67. The SMILES string of the molecule is Nc1ncccc1C(=O)NCCc1cccc(F)c1. The van der Waals surface area contributed by atoms with Crippen LogP contribution in [0.25, 0.3) is 0 Å². The summed E-state index contributed by atoms with van der Waals surface area (Å²) in [6, 6.07) is 9.56. The Morgan fingerprint density at radius 1 is 1.32 bits per heavy atom. The molecule has 19 heavy (non-hydrogen) atoms. The number of nitrogen functional groups attached to an aromatic ring is 1. The fourth-order valence-electron chi connectivity index (χ4n) is 1.72. The third kappa shape index (κ3) is 3.51. The van der Waals surface area contributed by atoms with Gasteiger partial charge >= 0.3 is 0 Å². The molecular weight excluding hydrogens is 245 g/mol. The highest BCUT2D eigenvalue weighted by atomic mass is 19.1. The Morgan fingerprint density at radius 2 is 2.16 bits per heavy atom. The first-order valence-electron chi connectivity index (χ1n) is 5.90. The van der Waals surface area contributed by atoms with Crippen LogP contribution in [0.2, 0.25) is 0 Å². The second kappa shape index (κ2) is 5.95. The molecule has 0 saturated heterocycles. The van der Waals surface area contributed by atoms with E-state index in [0.717, 1.165) is 5.56 Å². The number of benzene rings is 1. The second-order valence-electron chi connectivity index (χ2n) is 4.07. The van der Waals surface area contributed by atoms with E-state index in [4.69, 9.17) is 5.73 Å². The molecular formula is C14H14FN3O. The molecule has 0 spiro atoms. The quantitative estimate of drug-likeness (QED) is 0.879. The lowest BCUT2D eigenvalue weighted by Gasteiger charge is -2.06. The predicted molar refractivity (Wildman–Crippen MR) is 71.1 cm³/mol. The lowest BCUT2D eigenvalue weighted by molar-refractivity contribution is 0.0955. The topological polar surface area (TPSA) is 68.0 Å². The summed E-state index contributed by atoms with van der Waals surface area (Å²) in [4.78, 5) is 15.7. The molecule has 0 atom stereocenters. The minimum atomic E-state index is -0.277. The van der Waals surface area contributed by atoms with Crippen molar-refractivity contribution in [3.63, 3.8) is 0 Å². The molecule has 0 aliphatic rings. The van der Waals surface area contributed by atoms with Crippen LogP contribution in [-0.2, 0) is 6.42 Å². The van der Waals surface area contributed by atoms with Crippen molar-refractivity contribution in [2.75, 3.05) is 12.3 Å². The van der Waals surface area contributed by atoms with Crippen molar-refractivity contribution in [3.8, 4) is 0 Å². The van der Waals surface area contributed by atoms with E-state index in [0.29, 0.717) is 18.5 Å². The Labute approximate surface area is 110 Å². The van der Waals surface area contributed by atoms with Crippen LogP contribution >= 0.6 is 0 Å². The lowest BCUT2D eigenvalue weighted by Crippen LogP contribution is -2.26. The number of nitrogens with two attached hydrogens (primary N) is 1. The van der Waals surface area contributed by atoms with Crippen molar-refractivity contribution in [3.05, 3.63) is 59.5 Å². The van der Waals surface area contributed by atoms with Gasteiger partial charge in [-0.15, -0.1) is 0 Å². The molecule has 98 valence electrons. The van der Waals surface area contributed by atoms with Crippen LogP contribution in [0.5, 0.6) is 0 Å². The number of hydrogen-bond acceptors (Lipinski definition) is 3. The van der Waals surface area contributed by atoms with Gasteiger partial charge in [0.2, 0.25) is 0 Å². The number of rotatable bonds is 4. The molecule has 1 heterocycles. The van der Waals surface area contributed by atoms with E-state index in [9.17, 15) is 9.18 Å². The number of carbonyl (C=O) groups is 1. The highest BCUT2D eigenvalue weighted by Crippen LogP contribution is 2.07. The number of carbonyl (C=O) groups excluding carboxylic acids is 1. The number of nitrogens with zero attached hydrogens (tertiary/aromatic N) is 1. The number of hydrogen-bond donors (Lipinski definition) is 2. The van der Waals surface area contributed by atoms with Crippen LogP contribution in [0.4, 0.5) is 10.2 Å². The Hall–Kier alpha value is -2.43. The molecule has 3 N–H and O–H groups in total. The van der Waals surface area contributed by atoms with Gasteiger partial charge in [0.1, 0.15) is 11.6 Å². The molecule has 1 aromatic heterocycles. The van der Waals surface area contributed by atoms with E-state index in [-0.39, 0.29) is 17.5 Å².